The number of benzene rings is 1. The summed E-state index contributed by atoms with van der Waals surface area (Å²) in [5.41, 5.74) is 1.04. The van der Waals surface area contributed by atoms with Crippen LogP contribution in [0.15, 0.2) is 24.3 Å². The van der Waals surface area contributed by atoms with E-state index in [1.165, 1.54) is 12.0 Å². The maximum absolute atomic E-state index is 11.2. The van der Waals surface area contributed by atoms with Gasteiger partial charge in [-0.3, -0.25) is 0 Å². The lowest BCUT2D eigenvalue weighted by Gasteiger charge is -2.15. The van der Waals surface area contributed by atoms with Gasteiger partial charge in [0.05, 0.1) is 13.7 Å². The third-order valence-corrected chi connectivity index (χ3v) is 2.14. The van der Waals surface area contributed by atoms with Gasteiger partial charge in [-0.15, -0.1) is 0 Å². The molecule has 0 aliphatic rings. The minimum Gasteiger partial charge on any atom is -0.494 e. The van der Waals surface area contributed by atoms with Crippen LogP contribution in [-0.2, 0) is 11.3 Å². The van der Waals surface area contributed by atoms with Crippen molar-refractivity contribution in [1.29, 1.82) is 0 Å². The van der Waals surface area contributed by atoms with Crippen LogP contribution in [-0.4, -0.2) is 31.8 Å². The van der Waals surface area contributed by atoms with E-state index in [2.05, 4.69) is 4.74 Å². The van der Waals surface area contributed by atoms with Gasteiger partial charge in [0.1, 0.15) is 5.75 Å². The summed E-state index contributed by atoms with van der Waals surface area (Å²) >= 11 is 0. The molecular formula is C12H17NO3. The van der Waals surface area contributed by atoms with Gasteiger partial charge in [-0.25, -0.2) is 4.79 Å². The largest absolute Gasteiger partial charge is 0.494 e. The van der Waals surface area contributed by atoms with E-state index < -0.39 is 0 Å². The first kappa shape index (κ1) is 12.4. The summed E-state index contributed by atoms with van der Waals surface area (Å²) in [7, 11) is 3.07. The van der Waals surface area contributed by atoms with Gasteiger partial charge in [0.25, 0.3) is 0 Å². The predicted molar refractivity (Wildman–Crippen MR) is 61.5 cm³/mol. The van der Waals surface area contributed by atoms with E-state index in [9.17, 15) is 4.79 Å². The van der Waals surface area contributed by atoms with Crippen molar-refractivity contribution < 1.29 is 14.3 Å². The molecule has 0 saturated carbocycles. The smallest absolute Gasteiger partial charge is 0.409 e. The highest BCUT2D eigenvalue weighted by atomic mass is 16.5. The topological polar surface area (TPSA) is 38.8 Å². The van der Waals surface area contributed by atoms with Crippen LogP contribution in [0.2, 0.25) is 0 Å². The fraction of sp³-hybridized carbons (Fsp3) is 0.417. The Morgan fingerprint density at radius 2 is 1.94 bits per heavy atom. The summed E-state index contributed by atoms with van der Waals surface area (Å²) in [6.07, 6.45) is -0.339. The molecule has 1 aromatic rings. The van der Waals surface area contributed by atoms with Crippen molar-refractivity contribution >= 4 is 6.09 Å². The molecule has 0 saturated heterocycles. The molecule has 0 aliphatic heterocycles. The van der Waals surface area contributed by atoms with Crippen molar-refractivity contribution in [3.63, 3.8) is 0 Å². The van der Waals surface area contributed by atoms with Crippen molar-refractivity contribution in [3.8, 4) is 5.75 Å². The molecule has 4 nitrogen and oxygen atoms in total. The monoisotopic (exact) mass is 223 g/mol. The molecule has 0 fully saturated rings. The minimum atomic E-state index is -0.339. The number of carbonyl (C=O) groups excluding carboxylic acids is 1. The fourth-order valence-corrected chi connectivity index (χ4v) is 1.35. The molecule has 16 heavy (non-hydrogen) atoms. The Balaban J connectivity index is 2.58. The number of methoxy groups -OCH3 is 1. The molecule has 0 heterocycles. The van der Waals surface area contributed by atoms with Crippen LogP contribution in [0.5, 0.6) is 5.75 Å². The summed E-state index contributed by atoms with van der Waals surface area (Å²) in [6, 6.07) is 7.66. The SMILES string of the molecule is CCOc1ccc(CN(C)C(=O)OC)cc1. The highest BCUT2D eigenvalue weighted by Gasteiger charge is 2.08. The normalized spacial score (nSPS) is 9.69. The van der Waals surface area contributed by atoms with Crippen molar-refractivity contribution in [3.05, 3.63) is 29.8 Å². The summed E-state index contributed by atoms with van der Waals surface area (Å²) in [5.74, 6) is 0.840. The molecule has 4 heteroatoms. The molecule has 0 atom stereocenters. The molecule has 0 unspecified atom stereocenters. The van der Waals surface area contributed by atoms with Crippen LogP contribution in [0, 0.1) is 0 Å². The van der Waals surface area contributed by atoms with Gasteiger partial charge >= 0.3 is 6.09 Å². The Kier molecular flexibility index (Phi) is 4.64. The number of carbonyl (C=O) groups is 1. The van der Waals surface area contributed by atoms with Gasteiger partial charge in [-0.2, -0.15) is 0 Å². The fourth-order valence-electron chi connectivity index (χ4n) is 1.35. The van der Waals surface area contributed by atoms with Gasteiger partial charge in [0.15, 0.2) is 0 Å². The van der Waals surface area contributed by atoms with E-state index >= 15 is 0 Å². The Morgan fingerprint density at radius 1 is 1.31 bits per heavy atom. The van der Waals surface area contributed by atoms with Crippen LogP contribution >= 0.6 is 0 Å². The summed E-state index contributed by atoms with van der Waals surface area (Å²) < 4.78 is 9.94. The second-order valence-corrected chi connectivity index (χ2v) is 3.40. The highest BCUT2D eigenvalue weighted by molar-refractivity contribution is 5.66. The molecule has 1 aromatic carbocycles. The maximum atomic E-state index is 11.2. The van der Waals surface area contributed by atoms with E-state index in [4.69, 9.17) is 4.74 Å². The number of hydrogen-bond acceptors (Lipinski definition) is 3. The van der Waals surface area contributed by atoms with Crippen molar-refractivity contribution in [2.45, 2.75) is 13.5 Å². The van der Waals surface area contributed by atoms with Gasteiger partial charge in [-0.05, 0) is 24.6 Å². The number of rotatable bonds is 4. The van der Waals surface area contributed by atoms with Crippen LogP contribution in [0.25, 0.3) is 0 Å². The Hall–Kier alpha value is -1.71. The first-order chi connectivity index (χ1) is 7.67. The van der Waals surface area contributed by atoms with E-state index in [0.717, 1.165) is 11.3 Å². The predicted octanol–water partition coefficient (Wildman–Crippen LogP) is 2.28. The number of amides is 1. The molecule has 1 rings (SSSR count). The van der Waals surface area contributed by atoms with Crippen LogP contribution in [0.1, 0.15) is 12.5 Å². The number of hydrogen-bond donors (Lipinski definition) is 0. The molecule has 0 bridgehead atoms. The third-order valence-electron chi connectivity index (χ3n) is 2.14. The maximum Gasteiger partial charge on any atom is 0.409 e. The second-order valence-electron chi connectivity index (χ2n) is 3.40. The zero-order valence-electron chi connectivity index (χ0n) is 9.90. The van der Waals surface area contributed by atoms with E-state index in [-0.39, 0.29) is 6.09 Å². The van der Waals surface area contributed by atoms with E-state index in [0.29, 0.717) is 13.2 Å². The molecule has 0 N–H and O–H groups in total. The van der Waals surface area contributed by atoms with Gasteiger partial charge in [0.2, 0.25) is 0 Å². The highest BCUT2D eigenvalue weighted by Crippen LogP contribution is 2.13. The first-order valence-corrected chi connectivity index (χ1v) is 5.18. The van der Waals surface area contributed by atoms with Gasteiger partial charge in [0, 0.05) is 13.6 Å². The summed E-state index contributed by atoms with van der Waals surface area (Å²) in [5, 5.41) is 0. The summed E-state index contributed by atoms with van der Waals surface area (Å²) in [6.45, 7) is 3.12. The van der Waals surface area contributed by atoms with E-state index in [1.54, 1.807) is 7.05 Å². The van der Waals surface area contributed by atoms with E-state index in [1.807, 2.05) is 31.2 Å². The molecule has 88 valence electrons. The molecule has 1 amide bonds. The third kappa shape index (κ3) is 3.46. The second kappa shape index (κ2) is 6.00. The average molecular weight is 223 g/mol. The Morgan fingerprint density at radius 3 is 2.44 bits per heavy atom. The first-order valence-electron chi connectivity index (χ1n) is 5.18. The lowest BCUT2D eigenvalue weighted by Crippen LogP contribution is -2.25. The Bertz CT molecular complexity index is 335. The van der Waals surface area contributed by atoms with Crippen molar-refractivity contribution in [2.24, 2.45) is 0 Å². The van der Waals surface area contributed by atoms with Crippen LogP contribution < -0.4 is 4.74 Å². The lowest BCUT2D eigenvalue weighted by molar-refractivity contribution is 0.131. The molecule has 0 radical (unpaired) electrons. The van der Waals surface area contributed by atoms with Crippen LogP contribution in [0.4, 0.5) is 4.79 Å². The zero-order valence-corrected chi connectivity index (χ0v) is 9.90. The zero-order chi connectivity index (χ0) is 12.0. The lowest BCUT2D eigenvalue weighted by atomic mass is 10.2. The van der Waals surface area contributed by atoms with Crippen molar-refractivity contribution in [2.75, 3.05) is 20.8 Å². The molecule has 0 spiro atoms. The molecule has 0 aliphatic carbocycles. The average Bonchev–Trinajstić information content (AvgIpc) is 2.31. The molecule has 0 aromatic heterocycles. The standard InChI is InChI=1S/C12H17NO3/c1-4-16-11-7-5-10(6-8-11)9-13(2)12(14)15-3/h5-8H,4,9H2,1-3H3. The van der Waals surface area contributed by atoms with Gasteiger partial charge < -0.3 is 14.4 Å². The molecular weight excluding hydrogens is 206 g/mol. The van der Waals surface area contributed by atoms with Gasteiger partial charge in [-0.1, -0.05) is 12.1 Å². The number of nitrogens with zero attached hydrogens (tertiary/aromatic N) is 1. The number of ether oxygens (including phenoxy) is 2. The summed E-state index contributed by atoms with van der Waals surface area (Å²) in [4.78, 5) is 12.7. The Labute approximate surface area is 95.8 Å². The quantitative estimate of drug-likeness (QED) is 0.786. The van der Waals surface area contributed by atoms with Crippen LogP contribution in [0.3, 0.4) is 0 Å². The minimum absolute atomic E-state index is 0.339. The van der Waals surface area contributed by atoms with Crippen molar-refractivity contribution in [1.82, 2.24) is 4.90 Å².